The van der Waals surface area contributed by atoms with E-state index in [-0.39, 0.29) is 6.42 Å². The van der Waals surface area contributed by atoms with E-state index in [1.807, 2.05) is 0 Å². The summed E-state index contributed by atoms with van der Waals surface area (Å²) in [6.45, 7) is 1.62. The summed E-state index contributed by atoms with van der Waals surface area (Å²) in [4.78, 5) is 35.5. The van der Waals surface area contributed by atoms with Gasteiger partial charge in [-0.2, -0.15) is 0 Å². The van der Waals surface area contributed by atoms with E-state index in [2.05, 4.69) is 30.7 Å². The van der Waals surface area contributed by atoms with Crippen LogP contribution in [0.3, 0.4) is 0 Å². The lowest BCUT2D eigenvalue weighted by Crippen LogP contribution is -2.43. The lowest BCUT2D eigenvalue weighted by Gasteiger charge is -2.19. The van der Waals surface area contributed by atoms with Crippen LogP contribution in [0.15, 0.2) is 28.7 Å². The molecule has 0 radical (unpaired) electrons. The highest BCUT2D eigenvalue weighted by molar-refractivity contribution is 9.10. The maximum absolute atomic E-state index is 12.2. The fourth-order valence-corrected chi connectivity index (χ4v) is 2.28. The van der Waals surface area contributed by atoms with Crippen LogP contribution >= 0.6 is 15.9 Å². The highest BCUT2D eigenvalue weighted by Crippen LogP contribution is 2.13. The van der Waals surface area contributed by atoms with Crippen molar-refractivity contribution in [3.8, 4) is 0 Å². The molecule has 0 unspecified atom stereocenters. The summed E-state index contributed by atoms with van der Waals surface area (Å²) < 4.78 is 10.0. The Morgan fingerprint density at radius 1 is 1.18 bits per heavy atom. The van der Waals surface area contributed by atoms with Crippen LogP contribution in [0, 0.1) is 5.92 Å². The molecule has 0 saturated carbocycles. The Kier molecular flexibility index (Phi) is 7.04. The van der Waals surface area contributed by atoms with Gasteiger partial charge in [-0.1, -0.05) is 28.9 Å². The summed E-state index contributed by atoms with van der Waals surface area (Å²) in [5.41, 5.74) is 0.397. The fraction of sp³-hybridized carbons (Fsp3) is 0.400. The van der Waals surface area contributed by atoms with E-state index in [4.69, 9.17) is 0 Å². The van der Waals surface area contributed by atoms with Gasteiger partial charge in [0.15, 0.2) is 0 Å². The van der Waals surface area contributed by atoms with Gasteiger partial charge in [0.25, 0.3) is 5.91 Å². The van der Waals surface area contributed by atoms with Gasteiger partial charge in [-0.3, -0.25) is 9.59 Å². The van der Waals surface area contributed by atoms with Crippen LogP contribution in [0.25, 0.3) is 0 Å². The maximum Gasteiger partial charge on any atom is 0.328 e. The van der Waals surface area contributed by atoms with E-state index in [0.29, 0.717) is 5.56 Å². The van der Waals surface area contributed by atoms with Gasteiger partial charge in [0.2, 0.25) is 0 Å². The van der Waals surface area contributed by atoms with Crippen LogP contribution in [0.4, 0.5) is 0 Å². The van der Waals surface area contributed by atoms with Crippen LogP contribution < -0.4 is 5.32 Å². The number of ether oxygens (including phenoxy) is 2. The molecule has 7 heteroatoms. The van der Waals surface area contributed by atoms with Crippen LogP contribution in [-0.2, 0) is 19.1 Å². The van der Waals surface area contributed by atoms with Crippen molar-refractivity contribution < 1.29 is 23.9 Å². The quantitative estimate of drug-likeness (QED) is 0.772. The van der Waals surface area contributed by atoms with Crippen LogP contribution in [-0.4, -0.2) is 38.1 Å². The predicted octanol–water partition coefficient (Wildman–Crippen LogP) is 1.92. The second kappa shape index (κ2) is 8.53. The summed E-state index contributed by atoms with van der Waals surface area (Å²) >= 11 is 3.28. The molecule has 0 aliphatic rings. The average Bonchev–Trinajstić information content (AvgIpc) is 2.52. The first kappa shape index (κ1) is 18.2. The number of hydrogen-bond acceptors (Lipinski definition) is 5. The number of hydrogen-bond donors (Lipinski definition) is 1. The molecule has 0 aliphatic carbocycles. The third-order valence-electron chi connectivity index (χ3n) is 3.07. The number of rotatable bonds is 6. The van der Waals surface area contributed by atoms with Gasteiger partial charge in [-0.05, 0) is 24.6 Å². The first-order valence-corrected chi connectivity index (χ1v) is 7.40. The van der Waals surface area contributed by atoms with E-state index in [9.17, 15) is 14.4 Å². The van der Waals surface area contributed by atoms with Gasteiger partial charge in [0.1, 0.15) is 6.04 Å². The van der Waals surface area contributed by atoms with Crippen LogP contribution in [0.5, 0.6) is 0 Å². The van der Waals surface area contributed by atoms with Gasteiger partial charge >= 0.3 is 11.9 Å². The van der Waals surface area contributed by atoms with E-state index in [0.717, 1.165) is 4.47 Å². The number of nitrogens with one attached hydrogen (secondary N) is 1. The topological polar surface area (TPSA) is 81.7 Å². The molecule has 1 aromatic rings. The summed E-state index contributed by atoms with van der Waals surface area (Å²) in [6.07, 6.45) is 0.0963. The number of amides is 1. The predicted molar refractivity (Wildman–Crippen MR) is 83.2 cm³/mol. The minimum Gasteiger partial charge on any atom is -0.469 e. The highest BCUT2D eigenvalue weighted by atomic mass is 79.9. The maximum atomic E-state index is 12.2. The molecule has 0 heterocycles. The number of benzene rings is 1. The standard InChI is InChI=1S/C15H18BrNO5/c1-9(14(19)21-2)7-12(15(20)22-3)17-13(18)10-5-4-6-11(16)8-10/h4-6,8-9,12H,7H2,1-3H3,(H,17,18)/t9-,12-/m0/s1. The van der Waals surface area contributed by atoms with Crippen molar-refractivity contribution in [1.82, 2.24) is 5.32 Å². The summed E-state index contributed by atoms with van der Waals surface area (Å²) in [5, 5.41) is 2.58. The Morgan fingerprint density at radius 3 is 2.36 bits per heavy atom. The van der Waals surface area contributed by atoms with Crippen molar-refractivity contribution in [2.75, 3.05) is 14.2 Å². The minimum atomic E-state index is -0.925. The fourth-order valence-electron chi connectivity index (χ4n) is 1.88. The Morgan fingerprint density at radius 2 is 1.82 bits per heavy atom. The molecule has 1 N–H and O–H groups in total. The van der Waals surface area contributed by atoms with Crippen molar-refractivity contribution in [2.45, 2.75) is 19.4 Å². The van der Waals surface area contributed by atoms with Gasteiger partial charge in [0, 0.05) is 10.0 Å². The smallest absolute Gasteiger partial charge is 0.328 e. The molecule has 0 saturated heterocycles. The van der Waals surface area contributed by atoms with Gasteiger partial charge in [0.05, 0.1) is 20.1 Å². The minimum absolute atomic E-state index is 0.0963. The zero-order chi connectivity index (χ0) is 16.7. The lowest BCUT2D eigenvalue weighted by atomic mass is 10.0. The Labute approximate surface area is 137 Å². The molecule has 1 rings (SSSR count). The highest BCUT2D eigenvalue weighted by Gasteiger charge is 2.27. The molecule has 0 aromatic heterocycles. The number of methoxy groups -OCH3 is 2. The summed E-state index contributed by atoms with van der Waals surface area (Å²) in [7, 11) is 2.50. The summed E-state index contributed by atoms with van der Waals surface area (Å²) in [5.74, 6) is -2.03. The van der Waals surface area contributed by atoms with Crippen LogP contribution in [0.2, 0.25) is 0 Å². The Bertz CT molecular complexity index is 561. The van der Waals surface area contributed by atoms with Gasteiger partial charge in [-0.25, -0.2) is 4.79 Å². The lowest BCUT2D eigenvalue weighted by molar-refractivity contribution is -0.147. The molecule has 2 atom stereocenters. The van der Waals surface area contributed by atoms with Crippen molar-refractivity contribution >= 4 is 33.8 Å². The monoisotopic (exact) mass is 371 g/mol. The van der Waals surface area contributed by atoms with Crippen molar-refractivity contribution in [2.24, 2.45) is 5.92 Å². The molecule has 0 spiro atoms. The molecule has 1 amide bonds. The molecular formula is C15H18BrNO5. The van der Waals surface area contributed by atoms with E-state index in [1.165, 1.54) is 14.2 Å². The molecular weight excluding hydrogens is 354 g/mol. The second-order valence-electron chi connectivity index (χ2n) is 4.72. The van der Waals surface area contributed by atoms with Crippen molar-refractivity contribution in [3.63, 3.8) is 0 Å². The van der Waals surface area contributed by atoms with E-state index in [1.54, 1.807) is 31.2 Å². The SMILES string of the molecule is COC(=O)[C@H](C[C@H](C)C(=O)OC)NC(=O)c1cccc(Br)c1. The Balaban J connectivity index is 2.83. The molecule has 22 heavy (non-hydrogen) atoms. The zero-order valence-electron chi connectivity index (χ0n) is 12.6. The number of carbonyl (C=O) groups excluding carboxylic acids is 3. The average molecular weight is 372 g/mol. The second-order valence-corrected chi connectivity index (χ2v) is 5.64. The van der Waals surface area contributed by atoms with Crippen molar-refractivity contribution in [3.05, 3.63) is 34.3 Å². The number of carbonyl (C=O) groups is 3. The third kappa shape index (κ3) is 5.14. The Hall–Kier alpha value is -1.89. The molecule has 0 bridgehead atoms. The molecule has 0 aliphatic heterocycles. The summed E-state index contributed by atoms with van der Waals surface area (Å²) in [6, 6.07) is 5.83. The normalized spacial score (nSPS) is 12.9. The van der Waals surface area contributed by atoms with E-state index >= 15 is 0 Å². The molecule has 1 aromatic carbocycles. The first-order valence-electron chi connectivity index (χ1n) is 6.61. The number of halogens is 1. The molecule has 6 nitrogen and oxygen atoms in total. The van der Waals surface area contributed by atoms with Crippen molar-refractivity contribution in [1.29, 1.82) is 0 Å². The largest absolute Gasteiger partial charge is 0.469 e. The third-order valence-corrected chi connectivity index (χ3v) is 3.56. The molecule has 0 fully saturated rings. The van der Waals surface area contributed by atoms with E-state index < -0.39 is 29.8 Å². The van der Waals surface area contributed by atoms with Gasteiger partial charge < -0.3 is 14.8 Å². The first-order chi connectivity index (χ1) is 10.4. The van der Waals surface area contributed by atoms with Crippen LogP contribution in [0.1, 0.15) is 23.7 Å². The number of esters is 2. The zero-order valence-corrected chi connectivity index (χ0v) is 14.2. The van der Waals surface area contributed by atoms with Gasteiger partial charge in [-0.15, -0.1) is 0 Å². The molecule has 120 valence electrons.